The Labute approximate surface area is 126 Å². The molecule has 0 radical (unpaired) electrons. The minimum atomic E-state index is -0.953. The van der Waals surface area contributed by atoms with E-state index in [4.69, 9.17) is 10.3 Å². The topological polar surface area (TPSA) is 136 Å². The molecule has 10 heteroatoms. The number of anilines is 1. The highest BCUT2D eigenvalue weighted by Gasteiger charge is 2.78. The number of hydrogen-bond acceptors (Lipinski definition) is 8. The van der Waals surface area contributed by atoms with E-state index in [2.05, 4.69) is 15.0 Å². The number of nitrogens with two attached hydrogens (primary N) is 1. The van der Waals surface area contributed by atoms with Crippen molar-refractivity contribution >= 4 is 25.7 Å². The van der Waals surface area contributed by atoms with E-state index in [1.807, 2.05) is 4.57 Å². The highest BCUT2D eigenvalue weighted by atomic mass is 31.1. The number of fused-ring (bicyclic) bond motifs is 2. The van der Waals surface area contributed by atoms with Gasteiger partial charge in [-0.15, -0.1) is 0 Å². The normalized spacial score (nSPS) is 36.8. The fourth-order valence-corrected chi connectivity index (χ4v) is 4.24. The Bertz CT molecular complexity index is 769. The molecule has 2 aromatic heterocycles. The van der Waals surface area contributed by atoms with Crippen molar-refractivity contribution in [2.24, 2.45) is 5.41 Å². The summed E-state index contributed by atoms with van der Waals surface area (Å²) < 4.78 is 17.5. The second-order valence-corrected chi connectivity index (χ2v) is 6.38. The third-order valence-electron chi connectivity index (χ3n) is 5.08. The fourth-order valence-electron chi connectivity index (χ4n) is 3.96. The van der Waals surface area contributed by atoms with Crippen LogP contribution in [0.1, 0.15) is 12.8 Å². The van der Waals surface area contributed by atoms with Crippen molar-refractivity contribution in [3.63, 3.8) is 0 Å². The molecule has 0 aromatic carbocycles. The van der Waals surface area contributed by atoms with Crippen molar-refractivity contribution in [3.05, 3.63) is 12.7 Å². The van der Waals surface area contributed by atoms with Crippen LogP contribution in [-0.4, -0.2) is 48.5 Å². The second-order valence-electron chi connectivity index (χ2n) is 5.97. The van der Waals surface area contributed by atoms with Gasteiger partial charge in [-0.25, -0.2) is 19.5 Å². The van der Waals surface area contributed by atoms with Gasteiger partial charge in [0.25, 0.3) is 0 Å². The summed E-state index contributed by atoms with van der Waals surface area (Å²) in [6, 6.07) is 0. The molecule has 2 aliphatic rings. The van der Waals surface area contributed by atoms with Crippen molar-refractivity contribution in [2.45, 2.75) is 30.6 Å². The largest absolute Gasteiger partial charge is 0.390 e. The molecule has 2 fully saturated rings. The highest BCUT2D eigenvalue weighted by molar-refractivity contribution is 7.17. The number of rotatable bonds is 4. The lowest BCUT2D eigenvalue weighted by atomic mass is 10.00. The molecule has 0 saturated heterocycles. The zero-order valence-electron chi connectivity index (χ0n) is 11.5. The lowest BCUT2D eigenvalue weighted by Crippen LogP contribution is -2.33. The van der Waals surface area contributed by atoms with E-state index in [1.54, 1.807) is 6.33 Å². The van der Waals surface area contributed by atoms with Gasteiger partial charge in [0.1, 0.15) is 11.8 Å². The zero-order valence-corrected chi connectivity index (χ0v) is 12.3. The molecule has 116 valence electrons. The standard InChI is InChI=1S/C12H14N5O4P/c13-9-7-10(15-4-14-9)17(5-16-7)12-1-6(18)8(19)11(12,2-12)3-21-22-20/h4-6,8,18-19H,1-3H2,(H2,13,14,15). The van der Waals surface area contributed by atoms with Gasteiger partial charge in [-0.1, -0.05) is 0 Å². The SMILES string of the molecule is Nc1ncnc2c1ncn2C12CC(O)C(O)C1(COP=O)C2. The molecule has 2 saturated carbocycles. The van der Waals surface area contributed by atoms with Crippen molar-refractivity contribution < 1.29 is 19.3 Å². The third-order valence-corrected chi connectivity index (χ3v) is 5.32. The van der Waals surface area contributed by atoms with Crippen LogP contribution in [0.4, 0.5) is 5.82 Å². The Morgan fingerprint density at radius 2 is 2.27 bits per heavy atom. The van der Waals surface area contributed by atoms with Crippen LogP contribution in [0.2, 0.25) is 0 Å². The van der Waals surface area contributed by atoms with Gasteiger partial charge >= 0.3 is 8.69 Å². The van der Waals surface area contributed by atoms with Crippen molar-refractivity contribution in [3.8, 4) is 0 Å². The Hall–Kier alpha value is -1.67. The quantitative estimate of drug-likeness (QED) is 0.660. The Morgan fingerprint density at radius 3 is 3.05 bits per heavy atom. The van der Waals surface area contributed by atoms with Gasteiger partial charge in [0.05, 0.1) is 30.7 Å². The predicted octanol–water partition coefficient (Wildman–Crippen LogP) is -0.157. The van der Waals surface area contributed by atoms with Crippen LogP contribution in [-0.2, 0) is 14.6 Å². The van der Waals surface area contributed by atoms with E-state index in [9.17, 15) is 14.8 Å². The second kappa shape index (κ2) is 4.42. The summed E-state index contributed by atoms with van der Waals surface area (Å²) in [6.45, 7) is 0.0799. The molecule has 0 spiro atoms. The van der Waals surface area contributed by atoms with Crippen LogP contribution in [0.3, 0.4) is 0 Å². The molecule has 2 heterocycles. The third kappa shape index (κ3) is 1.51. The average molecular weight is 323 g/mol. The molecule has 22 heavy (non-hydrogen) atoms. The smallest absolute Gasteiger partial charge is 0.327 e. The summed E-state index contributed by atoms with van der Waals surface area (Å²) in [4.78, 5) is 12.4. The first-order chi connectivity index (χ1) is 10.6. The van der Waals surface area contributed by atoms with E-state index < -0.39 is 31.8 Å². The Balaban J connectivity index is 1.84. The number of hydrogen-bond donors (Lipinski definition) is 3. The van der Waals surface area contributed by atoms with Gasteiger partial charge in [0.2, 0.25) is 0 Å². The Kier molecular flexibility index (Phi) is 2.80. The lowest BCUT2D eigenvalue weighted by Gasteiger charge is -2.21. The number of imidazole rings is 1. The van der Waals surface area contributed by atoms with Gasteiger partial charge < -0.3 is 20.5 Å². The summed E-state index contributed by atoms with van der Waals surface area (Å²) in [5, 5.41) is 20.4. The molecule has 4 atom stereocenters. The summed E-state index contributed by atoms with van der Waals surface area (Å²) in [5.74, 6) is 0.278. The van der Waals surface area contributed by atoms with E-state index >= 15 is 0 Å². The number of aromatic nitrogens is 4. The maximum absolute atomic E-state index is 10.6. The molecule has 4 N–H and O–H groups in total. The molecule has 0 amide bonds. The van der Waals surface area contributed by atoms with Gasteiger partial charge in [-0.05, 0) is 6.42 Å². The van der Waals surface area contributed by atoms with E-state index in [1.165, 1.54) is 6.33 Å². The zero-order chi connectivity index (χ0) is 15.5. The molecule has 2 aromatic rings. The van der Waals surface area contributed by atoms with Crippen LogP contribution >= 0.6 is 8.69 Å². The molecule has 4 unspecified atom stereocenters. The van der Waals surface area contributed by atoms with Crippen molar-refractivity contribution in [1.29, 1.82) is 0 Å². The lowest BCUT2D eigenvalue weighted by molar-refractivity contribution is -0.0141. The maximum Gasteiger partial charge on any atom is 0.327 e. The summed E-state index contributed by atoms with van der Waals surface area (Å²) >= 11 is 0. The first-order valence-corrected chi connectivity index (χ1v) is 7.53. The molecule has 4 rings (SSSR count). The number of aliphatic hydroxyl groups is 2. The van der Waals surface area contributed by atoms with Crippen LogP contribution in [0.25, 0.3) is 11.2 Å². The number of aliphatic hydroxyl groups excluding tert-OH is 2. The summed E-state index contributed by atoms with van der Waals surface area (Å²) in [7, 11) is -0.452. The summed E-state index contributed by atoms with van der Waals surface area (Å²) in [5.41, 5.74) is 5.57. The first-order valence-electron chi connectivity index (χ1n) is 6.80. The monoisotopic (exact) mass is 323 g/mol. The molecular weight excluding hydrogens is 309 g/mol. The van der Waals surface area contributed by atoms with Gasteiger partial charge in [-0.3, -0.25) is 4.52 Å². The van der Waals surface area contributed by atoms with Crippen molar-refractivity contribution in [1.82, 2.24) is 19.5 Å². The van der Waals surface area contributed by atoms with Gasteiger partial charge in [0.15, 0.2) is 11.5 Å². The van der Waals surface area contributed by atoms with Crippen LogP contribution < -0.4 is 5.73 Å². The van der Waals surface area contributed by atoms with Crippen LogP contribution in [0, 0.1) is 5.41 Å². The molecule has 2 aliphatic carbocycles. The average Bonchev–Trinajstić information content (AvgIpc) is 2.84. The molecular formula is C12H14N5O4P. The first kappa shape index (κ1) is 14.0. The summed E-state index contributed by atoms with van der Waals surface area (Å²) in [6.07, 6.45) is 2.05. The predicted molar refractivity (Wildman–Crippen MR) is 74.9 cm³/mol. The van der Waals surface area contributed by atoms with E-state index in [-0.39, 0.29) is 12.4 Å². The van der Waals surface area contributed by atoms with Crippen molar-refractivity contribution in [2.75, 3.05) is 12.3 Å². The van der Waals surface area contributed by atoms with E-state index in [0.717, 1.165) is 0 Å². The van der Waals surface area contributed by atoms with Crippen LogP contribution in [0.5, 0.6) is 0 Å². The number of nitrogens with zero attached hydrogens (tertiary/aromatic N) is 4. The molecule has 0 aliphatic heterocycles. The number of nitrogen functional groups attached to an aromatic ring is 1. The fraction of sp³-hybridized carbons (Fsp3) is 0.583. The van der Waals surface area contributed by atoms with E-state index in [0.29, 0.717) is 24.0 Å². The van der Waals surface area contributed by atoms with Gasteiger partial charge in [-0.2, -0.15) is 0 Å². The minimum Gasteiger partial charge on any atom is -0.390 e. The molecule has 0 bridgehead atoms. The maximum atomic E-state index is 10.6. The molecule has 9 nitrogen and oxygen atoms in total. The Morgan fingerprint density at radius 1 is 1.45 bits per heavy atom. The van der Waals surface area contributed by atoms with Gasteiger partial charge in [0, 0.05) is 11.8 Å². The van der Waals surface area contributed by atoms with Crippen LogP contribution in [0.15, 0.2) is 12.7 Å². The minimum absolute atomic E-state index is 0.0799. The highest BCUT2D eigenvalue weighted by Crippen LogP contribution is 2.71.